The van der Waals surface area contributed by atoms with Crippen LogP contribution in [0.3, 0.4) is 0 Å². The first-order chi connectivity index (χ1) is 20.0. The Morgan fingerprint density at radius 3 is 2.44 bits per heavy atom. The number of nitrogens with zero attached hydrogens (tertiary/aromatic N) is 2. The van der Waals surface area contributed by atoms with E-state index >= 15 is 0 Å². The molecule has 3 heterocycles. The summed E-state index contributed by atoms with van der Waals surface area (Å²) >= 11 is 1.62. The highest BCUT2D eigenvalue weighted by molar-refractivity contribution is 7.08. The van der Waals surface area contributed by atoms with Crippen molar-refractivity contribution in [3.63, 3.8) is 0 Å². The molecule has 0 bridgehead atoms. The first-order valence-corrected chi connectivity index (χ1v) is 15.7. The second-order valence-corrected chi connectivity index (χ2v) is 12.4. The normalized spacial score (nSPS) is 22.4. The van der Waals surface area contributed by atoms with Gasteiger partial charge in [-0.15, -0.1) is 0 Å². The molecular weight excluding hydrogens is 536 g/mol. The van der Waals surface area contributed by atoms with Gasteiger partial charge in [-0.25, -0.2) is 4.79 Å². The average molecular weight is 575 g/mol. The Balaban J connectivity index is 1.13. The summed E-state index contributed by atoms with van der Waals surface area (Å²) in [6, 6.07) is 12.8. The average Bonchev–Trinajstić information content (AvgIpc) is 3.51. The molecule has 1 aromatic carbocycles. The van der Waals surface area contributed by atoms with Gasteiger partial charge in [0.05, 0.1) is 36.3 Å². The van der Waals surface area contributed by atoms with Gasteiger partial charge in [-0.05, 0) is 84.9 Å². The smallest absolute Gasteiger partial charge is 0.405 e. The van der Waals surface area contributed by atoms with E-state index in [1.807, 2.05) is 35.7 Å². The molecule has 1 aliphatic heterocycles. The zero-order valence-electron chi connectivity index (χ0n) is 23.3. The Bertz CT molecular complexity index is 1340. The van der Waals surface area contributed by atoms with Gasteiger partial charge in [0, 0.05) is 36.7 Å². The fourth-order valence-electron chi connectivity index (χ4n) is 6.70. The molecule has 3 fully saturated rings. The van der Waals surface area contributed by atoms with Crippen molar-refractivity contribution in [3.05, 3.63) is 58.9 Å². The van der Waals surface area contributed by atoms with E-state index in [1.165, 1.54) is 0 Å². The number of benzene rings is 1. The Morgan fingerprint density at radius 1 is 1.05 bits per heavy atom. The number of anilines is 1. The predicted octanol–water partition coefficient (Wildman–Crippen LogP) is 6.34. The lowest BCUT2D eigenvalue weighted by Crippen LogP contribution is -2.50. The second kappa shape index (κ2) is 12.3. The fourth-order valence-corrected chi connectivity index (χ4v) is 7.36. The number of rotatable bonds is 8. The summed E-state index contributed by atoms with van der Waals surface area (Å²) in [5, 5.41) is 19.3. The monoisotopic (exact) mass is 574 g/mol. The molecule has 8 nitrogen and oxygen atoms in total. The number of hydrogen-bond donors (Lipinski definition) is 3. The summed E-state index contributed by atoms with van der Waals surface area (Å²) in [5.41, 5.74) is 5.00. The Kier molecular flexibility index (Phi) is 8.37. The number of pyridine rings is 1. The molecule has 9 heteroatoms. The van der Waals surface area contributed by atoms with Crippen LogP contribution in [0.2, 0.25) is 0 Å². The number of aromatic nitrogens is 1. The van der Waals surface area contributed by atoms with Gasteiger partial charge in [0.25, 0.3) is 0 Å². The largest absolute Gasteiger partial charge is 0.465 e. The van der Waals surface area contributed by atoms with E-state index in [4.69, 9.17) is 9.72 Å². The van der Waals surface area contributed by atoms with Gasteiger partial charge in [-0.2, -0.15) is 11.3 Å². The molecule has 0 spiro atoms. The molecule has 2 saturated carbocycles. The zero-order chi connectivity index (χ0) is 28.2. The van der Waals surface area contributed by atoms with Crippen LogP contribution in [0, 0.1) is 5.92 Å². The fraction of sp³-hybridized carbons (Fsp3) is 0.469. The van der Waals surface area contributed by atoms with Gasteiger partial charge in [-0.1, -0.05) is 24.3 Å². The SMILES string of the molecule is O=C(O)NC1(c2ccc(-c3ncc(NC(=O)C[C@H]4CC[C@H](N5CCOCC5)CC4)cc3-c3ccsc3)cc2)CCC1. The molecule has 3 aliphatic rings. The molecule has 6 rings (SSSR count). The second-order valence-electron chi connectivity index (χ2n) is 11.7. The molecule has 0 radical (unpaired) electrons. The number of carbonyl (C=O) groups is 2. The number of amides is 2. The quantitative estimate of drug-likeness (QED) is 0.290. The van der Waals surface area contributed by atoms with Crippen molar-refractivity contribution in [1.29, 1.82) is 0 Å². The summed E-state index contributed by atoms with van der Waals surface area (Å²) in [4.78, 5) is 31.8. The molecule has 2 aliphatic carbocycles. The van der Waals surface area contributed by atoms with Crippen molar-refractivity contribution in [1.82, 2.24) is 15.2 Å². The van der Waals surface area contributed by atoms with Crippen LogP contribution in [0.25, 0.3) is 22.4 Å². The van der Waals surface area contributed by atoms with E-state index in [1.54, 1.807) is 17.5 Å². The van der Waals surface area contributed by atoms with Crippen LogP contribution >= 0.6 is 11.3 Å². The van der Waals surface area contributed by atoms with E-state index in [-0.39, 0.29) is 5.91 Å². The molecule has 3 aromatic rings. The molecular formula is C32H38N4O4S. The maximum Gasteiger partial charge on any atom is 0.405 e. The Hall–Kier alpha value is -3.27. The van der Waals surface area contributed by atoms with E-state index in [0.29, 0.717) is 24.1 Å². The third-order valence-corrected chi connectivity index (χ3v) is 9.80. The molecule has 3 N–H and O–H groups in total. The third kappa shape index (κ3) is 6.32. The Morgan fingerprint density at radius 2 is 1.80 bits per heavy atom. The van der Waals surface area contributed by atoms with E-state index in [0.717, 1.165) is 99.2 Å². The van der Waals surface area contributed by atoms with Gasteiger partial charge in [0.1, 0.15) is 0 Å². The molecule has 0 unspecified atom stereocenters. The van der Waals surface area contributed by atoms with Crippen LogP contribution in [0.15, 0.2) is 53.4 Å². The number of morpholine rings is 1. The standard InChI is InChI=1S/C32H38N4O4S/c37-29(18-22-2-8-27(9-3-22)36-13-15-40-16-14-36)34-26-19-28(24-10-17-41-21-24)30(33-20-26)23-4-6-25(7-5-23)32(11-1-12-32)35-31(38)39/h4-7,10,17,19-22,27,35H,1-3,8-9,11-16,18H2,(H,34,37)(H,38,39)/t22-,27-. The van der Waals surface area contributed by atoms with Gasteiger partial charge >= 0.3 is 6.09 Å². The molecule has 216 valence electrons. The third-order valence-electron chi connectivity index (χ3n) is 9.12. The lowest BCUT2D eigenvalue weighted by Gasteiger charge is -2.42. The number of thiophene rings is 1. The highest BCUT2D eigenvalue weighted by Crippen LogP contribution is 2.42. The molecule has 41 heavy (non-hydrogen) atoms. The number of nitrogens with one attached hydrogen (secondary N) is 2. The van der Waals surface area contributed by atoms with E-state index in [9.17, 15) is 14.7 Å². The van der Waals surface area contributed by atoms with Gasteiger partial charge < -0.3 is 20.5 Å². The van der Waals surface area contributed by atoms with Crippen molar-refractivity contribution in [3.8, 4) is 22.4 Å². The molecule has 2 amide bonds. The van der Waals surface area contributed by atoms with Crippen molar-refractivity contribution in [2.24, 2.45) is 5.92 Å². The summed E-state index contributed by atoms with van der Waals surface area (Å²) in [5.74, 6) is 0.468. The van der Waals surface area contributed by atoms with Crippen LogP contribution in [-0.2, 0) is 15.1 Å². The predicted molar refractivity (Wildman–Crippen MR) is 161 cm³/mol. The van der Waals surface area contributed by atoms with E-state index < -0.39 is 11.6 Å². The first kappa shape index (κ1) is 27.9. The minimum atomic E-state index is -0.992. The summed E-state index contributed by atoms with van der Waals surface area (Å²) in [6.45, 7) is 3.72. The number of carbonyl (C=O) groups excluding carboxylic acids is 1. The molecule has 1 saturated heterocycles. The van der Waals surface area contributed by atoms with Crippen LogP contribution in [0.1, 0.15) is 56.9 Å². The summed E-state index contributed by atoms with van der Waals surface area (Å²) < 4.78 is 5.50. The number of ether oxygens (including phenoxy) is 1. The highest BCUT2D eigenvalue weighted by atomic mass is 32.1. The highest BCUT2D eigenvalue weighted by Gasteiger charge is 2.40. The molecule has 2 aromatic heterocycles. The van der Waals surface area contributed by atoms with Crippen molar-refractivity contribution in [2.75, 3.05) is 31.6 Å². The zero-order valence-corrected chi connectivity index (χ0v) is 24.1. The van der Waals surface area contributed by atoms with Crippen molar-refractivity contribution >= 4 is 29.0 Å². The minimum absolute atomic E-state index is 0.0479. The van der Waals surface area contributed by atoms with Crippen LogP contribution < -0.4 is 10.6 Å². The maximum atomic E-state index is 13.0. The lowest BCUT2D eigenvalue weighted by molar-refractivity contribution is -0.117. The van der Waals surface area contributed by atoms with Crippen molar-refractivity contribution < 1.29 is 19.4 Å². The number of carboxylic acid groups (broad SMARTS) is 1. The first-order valence-electron chi connectivity index (χ1n) is 14.8. The van der Waals surface area contributed by atoms with Gasteiger partial charge in [0.15, 0.2) is 0 Å². The molecule has 0 atom stereocenters. The Labute approximate surface area is 245 Å². The maximum absolute atomic E-state index is 13.0. The number of hydrogen-bond acceptors (Lipinski definition) is 6. The van der Waals surface area contributed by atoms with Crippen molar-refractivity contribution in [2.45, 2.75) is 62.9 Å². The van der Waals surface area contributed by atoms with Gasteiger partial charge in [-0.3, -0.25) is 14.7 Å². The van der Waals surface area contributed by atoms with Crippen LogP contribution in [0.5, 0.6) is 0 Å². The summed E-state index contributed by atoms with van der Waals surface area (Å²) in [7, 11) is 0. The van der Waals surface area contributed by atoms with Crippen LogP contribution in [-0.4, -0.2) is 59.3 Å². The lowest BCUT2D eigenvalue weighted by atomic mass is 9.71. The minimum Gasteiger partial charge on any atom is -0.465 e. The summed E-state index contributed by atoms with van der Waals surface area (Å²) in [6.07, 6.45) is 8.40. The topological polar surface area (TPSA) is 104 Å². The van der Waals surface area contributed by atoms with Gasteiger partial charge in [0.2, 0.25) is 5.91 Å². The van der Waals surface area contributed by atoms with E-state index in [2.05, 4.69) is 27.0 Å². The van der Waals surface area contributed by atoms with Crippen LogP contribution in [0.4, 0.5) is 10.5 Å².